The molecule has 2 aliphatic rings. The minimum absolute atomic E-state index is 0.0168. The molecule has 1 aromatic carbocycles. The number of halogens is 2. The predicted molar refractivity (Wildman–Crippen MR) is 178 cm³/mol. The molecule has 0 spiro atoms. The van der Waals surface area contributed by atoms with E-state index >= 15 is 4.39 Å². The normalized spacial score (nSPS) is 17.6. The summed E-state index contributed by atoms with van der Waals surface area (Å²) in [5.41, 5.74) is 1.37. The van der Waals surface area contributed by atoms with Gasteiger partial charge in [0.05, 0.1) is 47.0 Å². The van der Waals surface area contributed by atoms with E-state index < -0.39 is 23.5 Å². The molecular weight excluding hydrogens is 627 g/mol. The van der Waals surface area contributed by atoms with Crippen molar-refractivity contribution in [3.8, 4) is 28.6 Å². The van der Waals surface area contributed by atoms with Gasteiger partial charge >= 0.3 is 0 Å². The van der Waals surface area contributed by atoms with E-state index in [2.05, 4.69) is 11.6 Å². The molecule has 1 fully saturated rings. The molecule has 3 aromatic heterocycles. The van der Waals surface area contributed by atoms with Crippen molar-refractivity contribution in [3.63, 3.8) is 0 Å². The number of methoxy groups -OCH3 is 1. The van der Waals surface area contributed by atoms with Gasteiger partial charge < -0.3 is 24.5 Å². The van der Waals surface area contributed by atoms with Gasteiger partial charge in [-0.05, 0) is 49.6 Å². The number of fused-ring (bicyclic) bond motifs is 5. The van der Waals surface area contributed by atoms with Gasteiger partial charge in [0.1, 0.15) is 23.3 Å². The summed E-state index contributed by atoms with van der Waals surface area (Å²) >= 11 is 6.86. The van der Waals surface area contributed by atoms with Crippen molar-refractivity contribution >= 4 is 45.8 Å². The van der Waals surface area contributed by atoms with Crippen LogP contribution < -0.4 is 20.1 Å². The average Bonchev–Trinajstić information content (AvgIpc) is 3.03. The van der Waals surface area contributed by atoms with E-state index in [9.17, 15) is 19.5 Å². The number of carbonyl (C=O) groups is 2. The number of ether oxygens (including phenoxy) is 1. The van der Waals surface area contributed by atoms with E-state index in [0.717, 1.165) is 0 Å². The second-order valence-corrected chi connectivity index (χ2v) is 12.6. The fourth-order valence-corrected chi connectivity index (χ4v) is 6.95. The average molecular weight is 661 g/mol. The Hall–Kier alpha value is -4.97. The van der Waals surface area contributed by atoms with E-state index in [-0.39, 0.29) is 64.2 Å². The number of aryl methyl sites for hydroxylation is 1. The third kappa shape index (κ3) is 4.89. The summed E-state index contributed by atoms with van der Waals surface area (Å²) in [5, 5.41) is 11.1. The van der Waals surface area contributed by atoms with E-state index in [1.54, 1.807) is 17.0 Å². The molecule has 1 saturated heterocycles. The van der Waals surface area contributed by atoms with Crippen LogP contribution in [0.5, 0.6) is 11.6 Å². The number of hydrogen-bond donors (Lipinski definition) is 1. The molecule has 0 unspecified atom stereocenters. The molecule has 2 aliphatic heterocycles. The second-order valence-electron chi connectivity index (χ2n) is 12.1. The molecule has 0 saturated carbocycles. The minimum Gasteiger partial charge on any atom is -0.507 e. The zero-order valence-corrected chi connectivity index (χ0v) is 27.6. The van der Waals surface area contributed by atoms with Crippen LogP contribution in [0, 0.1) is 12.7 Å². The summed E-state index contributed by atoms with van der Waals surface area (Å²) in [6.07, 6.45) is 1.21. The van der Waals surface area contributed by atoms with E-state index in [1.165, 1.54) is 47.9 Å². The smallest absolute Gasteiger partial charge is 0.283 e. The van der Waals surface area contributed by atoms with Crippen LogP contribution in [0.25, 0.3) is 28.0 Å². The number of phenolic OH excluding ortho intramolecular Hbond substituents is 1. The standard InChI is InChI=1S/C34H34ClFN6O5/c1-8-25(44)40-14-18(5)41-22(15-40)33(45)39(6)31-30(41)19-13-20(35)28(26-21(36)10-9-11-23(26)43)38-32(19)42(34(31)46)29-17(4)12-24(47-7)37-27(29)16(2)3/h8-13,16,18,22,43H,1,14-15H2,2-7H3/t18-,22-/m1/s1. The number of nitrogens with zero attached hydrogens (tertiary/aromatic N) is 6. The number of likely N-dealkylation sites (N-methyl/N-ethyl adjacent to an activating group) is 1. The van der Waals surface area contributed by atoms with Crippen LogP contribution in [0.4, 0.5) is 15.8 Å². The molecule has 13 heteroatoms. The molecule has 0 aliphatic carbocycles. The summed E-state index contributed by atoms with van der Waals surface area (Å²) in [5.74, 6) is -1.63. The Bertz CT molecular complexity index is 2040. The maximum atomic E-state index is 15.3. The number of rotatable bonds is 5. The number of anilines is 2. The second kappa shape index (κ2) is 11.7. The van der Waals surface area contributed by atoms with Crippen molar-refractivity contribution in [2.24, 2.45) is 0 Å². The molecule has 244 valence electrons. The topological polar surface area (TPSA) is 121 Å². The van der Waals surface area contributed by atoms with Gasteiger partial charge in [0.2, 0.25) is 11.8 Å². The number of phenols is 1. The Kier molecular flexibility index (Phi) is 7.95. The summed E-state index contributed by atoms with van der Waals surface area (Å²) in [7, 11) is 3.03. The van der Waals surface area contributed by atoms with Gasteiger partial charge in [-0.25, -0.2) is 14.4 Å². The fraction of sp³-hybridized carbons (Fsp3) is 0.324. The molecule has 0 bridgehead atoms. The molecule has 11 nitrogen and oxygen atoms in total. The maximum Gasteiger partial charge on any atom is 0.283 e. The molecule has 2 amide bonds. The Morgan fingerprint density at radius 1 is 1.17 bits per heavy atom. The molecule has 1 N–H and O–H groups in total. The fourth-order valence-electron chi connectivity index (χ4n) is 6.71. The van der Waals surface area contributed by atoms with Crippen LogP contribution in [0.3, 0.4) is 0 Å². The lowest BCUT2D eigenvalue weighted by Crippen LogP contribution is -2.66. The van der Waals surface area contributed by atoms with Crippen LogP contribution >= 0.6 is 11.6 Å². The van der Waals surface area contributed by atoms with Gasteiger partial charge in [-0.2, -0.15) is 0 Å². The third-order valence-corrected chi connectivity index (χ3v) is 9.12. The first kappa shape index (κ1) is 32.0. The minimum atomic E-state index is -0.816. The Morgan fingerprint density at radius 2 is 1.89 bits per heavy atom. The maximum absolute atomic E-state index is 15.3. The van der Waals surface area contributed by atoms with E-state index in [4.69, 9.17) is 21.3 Å². The molecule has 5 heterocycles. The SMILES string of the molecule is C=CC(=O)N1C[C@@H](C)N2c3c(c(=O)n(-c4c(C)cc(OC)nc4C(C)C)c4nc(-c5c(O)cccc5F)c(Cl)cc34)N(C)C(=O)[C@H]2C1. The monoisotopic (exact) mass is 660 g/mol. The molecular formula is C34H34ClFN6O5. The van der Waals surface area contributed by atoms with Gasteiger partial charge in [0, 0.05) is 31.1 Å². The molecule has 2 atom stereocenters. The van der Waals surface area contributed by atoms with Crippen LogP contribution in [-0.2, 0) is 9.59 Å². The van der Waals surface area contributed by atoms with Crippen LogP contribution in [0.1, 0.15) is 37.9 Å². The number of aromatic hydroxyl groups is 1. The Labute approximate surface area is 275 Å². The predicted octanol–water partition coefficient (Wildman–Crippen LogP) is 4.95. The van der Waals surface area contributed by atoms with Crippen molar-refractivity contribution < 1.29 is 23.8 Å². The van der Waals surface area contributed by atoms with Gasteiger partial charge in [-0.15, -0.1) is 0 Å². The summed E-state index contributed by atoms with van der Waals surface area (Å²) in [4.78, 5) is 55.8. The van der Waals surface area contributed by atoms with Crippen LogP contribution in [0.15, 0.2) is 47.8 Å². The zero-order chi connectivity index (χ0) is 34.1. The highest BCUT2D eigenvalue weighted by Gasteiger charge is 2.47. The number of aromatic nitrogens is 3. The van der Waals surface area contributed by atoms with Crippen LogP contribution in [-0.4, -0.2) is 75.7 Å². The van der Waals surface area contributed by atoms with Crippen molar-refractivity contribution in [3.05, 3.63) is 75.4 Å². The van der Waals surface area contributed by atoms with E-state index in [1.807, 2.05) is 32.6 Å². The molecule has 4 aromatic rings. The number of piperazine rings is 1. The number of carbonyl (C=O) groups excluding carboxylic acids is 2. The van der Waals surface area contributed by atoms with Crippen molar-refractivity contribution in [2.45, 2.75) is 45.7 Å². The lowest BCUT2D eigenvalue weighted by Gasteiger charge is -2.50. The van der Waals surface area contributed by atoms with Gasteiger partial charge in [0.15, 0.2) is 5.65 Å². The Balaban J connectivity index is 1.78. The molecule has 6 rings (SSSR count). The third-order valence-electron chi connectivity index (χ3n) is 8.83. The first-order valence-electron chi connectivity index (χ1n) is 15.1. The largest absolute Gasteiger partial charge is 0.507 e. The first-order valence-corrected chi connectivity index (χ1v) is 15.5. The number of hydrogen-bond acceptors (Lipinski definition) is 8. The molecule has 0 radical (unpaired) electrons. The quantitative estimate of drug-likeness (QED) is 0.299. The van der Waals surface area contributed by atoms with Crippen molar-refractivity contribution in [1.29, 1.82) is 0 Å². The molecule has 47 heavy (non-hydrogen) atoms. The summed E-state index contributed by atoms with van der Waals surface area (Å²) < 4.78 is 22.1. The number of amides is 2. The first-order chi connectivity index (χ1) is 22.3. The lowest BCUT2D eigenvalue weighted by molar-refractivity contribution is -0.129. The van der Waals surface area contributed by atoms with Crippen LogP contribution in [0.2, 0.25) is 5.02 Å². The lowest BCUT2D eigenvalue weighted by atomic mass is 9.97. The highest BCUT2D eigenvalue weighted by molar-refractivity contribution is 6.34. The van der Waals surface area contributed by atoms with E-state index in [0.29, 0.717) is 33.9 Å². The van der Waals surface area contributed by atoms with Gasteiger partial charge in [-0.1, -0.05) is 38.1 Å². The number of pyridine rings is 3. The van der Waals surface area contributed by atoms with Crippen molar-refractivity contribution in [1.82, 2.24) is 19.4 Å². The summed E-state index contributed by atoms with van der Waals surface area (Å²) in [6.45, 7) is 11.5. The Morgan fingerprint density at radius 3 is 2.53 bits per heavy atom. The zero-order valence-electron chi connectivity index (χ0n) is 26.8. The van der Waals surface area contributed by atoms with Gasteiger partial charge in [-0.3, -0.25) is 19.0 Å². The summed E-state index contributed by atoms with van der Waals surface area (Å²) in [6, 6.07) is 5.92. The van der Waals surface area contributed by atoms with Crippen molar-refractivity contribution in [2.75, 3.05) is 37.0 Å². The number of benzene rings is 1. The highest BCUT2D eigenvalue weighted by Crippen LogP contribution is 2.45. The van der Waals surface area contributed by atoms with Gasteiger partial charge in [0.25, 0.3) is 11.5 Å². The highest BCUT2D eigenvalue weighted by atomic mass is 35.5.